The third-order valence-corrected chi connectivity index (χ3v) is 1.98. The molecular weight excluding hydrogens is 179 g/mol. The molecule has 0 saturated heterocycles. The van der Waals surface area contributed by atoms with Crippen LogP contribution in [-0.2, 0) is 0 Å². The molecule has 0 N–H and O–H groups in total. The molecule has 2 rings (SSSR count). The van der Waals surface area contributed by atoms with Crippen molar-refractivity contribution in [3.8, 4) is 11.4 Å². The van der Waals surface area contributed by atoms with E-state index in [4.69, 9.17) is 0 Å². The van der Waals surface area contributed by atoms with Gasteiger partial charge < -0.3 is 0 Å². The maximum Gasteiger partial charge on any atom is 0.159 e. The van der Waals surface area contributed by atoms with Gasteiger partial charge >= 0.3 is 0 Å². The molecule has 1 aromatic heterocycles. The first-order chi connectivity index (χ1) is 6.77. The standard InChI is InChI=1S/C11H9FN2/c1-8-7-9(3-4-10(8)12)11-13-5-2-6-14-11/h2-7H,1H3. The quantitative estimate of drug-likeness (QED) is 0.687. The molecule has 2 aromatic rings. The van der Waals surface area contributed by atoms with Crippen molar-refractivity contribution in [2.45, 2.75) is 6.92 Å². The van der Waals surface area contributed by atoms with Crippen LogP contribution in [0, 0.1) is 12.7 Å². The summed E-state index contributed by atoms with van der Waals surface area (Å²) in [6, 6.07) is 6.60. The summed E-state index contributed by atoms with van der Waals surface area (Å²) in [5, 5.41) is 0. The minimum Gasteiger partial charge on any atom is -0.237 e. The van der Waals surface area contributed by atoms with E-state index in [1.165, 1.54) is 6.07 Å². The maximum absolute atomic E-state index is 13.0. The molecular formula is C11H9FN2. The first-order valence-electron chi connectivity index (χ1n) is 4.31. The van der Waals surface area contributed by atoms with Gasteiger partial charge in [0, 0.05) is 18.0 Å². The molecule has 70 valence electrons. The molecule has 0 aliphatic carbocycles. The molecule has 0 fully saturated rings. The number of aryl methyl sites for hydroxylation is 1. The Kier molecular flexibility index (Phi) is 2.23. The van der Waals surface area contributed by atoms with Crippen molar-refractivity contribution >= 4 is 0 Å². The smallest absolute Gasteiger partial charge is 0.159 e. The van der Waals surface area contributed by atoms with Crippen LogP contribution < -0.4 is 0 Å². The van der Waals surface area contributed by atoms with E-state index in [1.807, 2.05) is 0 Å². The summed E-state index contributed by atoms with van der Waals surface area (Å²) in [6.45, 7) is 1.72. The average molecular weight is 188 g/mol. The van der Waals surface area contributed by atoms with Crippen LogP contribution in [0.5, 0.6) is 0 Å². The minimum atomic E-state index is -0.204. The zero-order valence-electron chi connectivity index (χ0n) is 7.74. The molecule has 0 radical (unpaired) electrons. The second-order valence-corrected chi connectivity index (χ2v) is 3.04. The molecule has 0 amide bonds. The van der Waals surface area contributed by atoms with Gasteiger partial charge in [0.05, 0.1) is 0 Å². The zero-order valence-corrected chi connectivity index (χ0v) is 7.74. The van der Waals surface area contributed by atoms with E-state index in [0.29, 0.717) is 11.4 Å². The topological polar surface area (TPSA) is 25.8 Å². The molecule has 0 aliphatic rings. The molecule has 1 heterocycles. The number of rotatable bonds is 1. The molecule has 0 spiro atoms. The van der Waals surface area contributed by atoms with Crippen molar-refractivity contribution in [3.05, 3.63) is 48.0 Å². The van der Waals surface area contributed by atoms with Gasteiger partial charge in [0.2, 0.25) is 0 Å². The second kappa shape index (κ2) is 3.54. The van der Waals surface area contributed by atoms with Gasteiger partial charge in [0.15, 0.2) is 5.82 Å². The van der Waals surface area contributed by atoms with Gasteiger partial charge in [-0.3, -0.25) is 0 Å². The number of aromatic nitrogens is 2. The maximum atomic E-state index is 13.0. The lowest BCUT2D eigenvalue weighted by molar-refractivity contribution is 0.618. The highest BCUT2D eigenvalue weighted by Crippen LogP contribution is 2.17. The molecule has 0 saturated carbocycles. The average Bonchev–Trinajstić information content (AvgIpc) is 2.23. The largest absolute Gasteiger partial charge is 0.237 e. The Bertz CT molecular complexity index is 440. The Hall–Kier alpha value is -1.77. The second-order valence-electron chi connectivity index (χ2n) is 3.04. The summed E-state index contributed by atoms with van der Waals surface area (Å²) in [5.41, 5.74) is 1.44. The first kappa shape index (κ1) is 8.81. The molecule has 2 nitrogen and oxygen atoms in total. The summed E-state index contributed by atoms with van der Waals surface area (Å²) in [5.74, 6) is 0.417. The fourth-order valence-electron chi connectivity index (χ4n) is 1.23. The number of benzene rings is 1. The van der Waals surface area contributed by atoms with E-state index in [9.17, 15) is 4.39 Å². The van der Waals surface area contributed by atoms with Gasteiger partial charge in [0.1, 0.15) is 5.82 Å². The lowest BCUT2D eigenvalue weighted by atomic mass is 10.1. The molecule has 0 atom stereocenters. The molecule has 3 heteroatoms. The fourth-order valence-corrected chi connectivity index (χ4v) is 1.23. The molecule has 1 aromatic carbocycles. The lowest BCUT2D eigenvalue weighted by Gasteiger charge is -2.01. The van der Waals surface area contributed by atoms with E-state index in [-0.39, 0.29) is 5.82 Å². The van der Waals surface area contributed by atoms with Gasteiger partial charge in [-0.2, -0.15) is 0 Å². The predicted molar refractivity (Wildman–Crippen MR) is 52.2 cm³/mol. The lowest BCUT2D eigenvalue weighted by Crippen LogP contribution is -1.89. The van der Waals surface area contributed by atoms with Gasteiger partial charge in [0.25, 0.3) is 0 Å². The summed E-state index contributed by atoms with van der Waals surface area (Å²) < 4.78 is 13.0. The Balaban J connectivity index is 2.48. The van der Waals surface area contributed by atoms with Crippen molar-refractivity contribution in [2.75, 3.05) is 0 Å². The summed E-state index contributed by atoms with van der Waals surface area (Å²) in [4.78, 5) is 8.17. The highest BCUT2D eigenvalue weighted by molar-refractivity contribution is 5.55. The molecule has 0 aliphatic heterocycles. The summed E-state index contributed by atoms with van der Waals surface area (Å²) in [6.07, 6.45) is 3.34. The van der Waals surface area contributed by atoms with Crippen LogP contribution in [-0.4, -0.2) is 9.97 Å². The van der Waals surface area contributed by atoms with Crippen molar-refractivity contribution in [1.82, 2.24) is 9.97 Å². The van der Waals surface area contributed by atoms with Gasteiger partial charge in [-0.1, -0.05) is 0 Å². The van der Waals surface area contributed by atoms with Crippen molar-refractivity contribution < 1.29 is 4.39 Å². The Morgan fingerprint density at radius 2 is 1.86 bits per heavy atom. The van der Waals surface area contributed by atoms with Gasteiger partial charge in [-0.05, 0) is 36.8 Å². The van der Waals surface area contributed by atoms with Crippen LogP contribution >= 0.6 is 0 Å². The fraction of sp³-hybridized carbons (Fsp3) is 0.0909. The van der Waals surface area contributed by atoms with Crippen molar-refractivity contribution in [3.63, 3.8) is 0 Å². The van der Waals surface area contributed by atoms with E-state index in [0.717, 1.165) is 5.56 Å². The highest BCUT2D eigenvalue weighted by atomic mass is 19.1. The van der Waals surface area contributed by atoms with E-state index >= 15 is 0 Å². The highest BCUT2D eigenvalue weighted by Gasteiger charge is 2.02. The number of nitrogens with zero attached hydrogens (tertiary/aromatic N) is 2. The number of halogens is 1. The Labute approximate surface area is 81.5 Å². The van der Waals surface area contributed by atoms with E-state index < -0.39 is 0 Å². The molecule has 0 unspecified atom stereocenters. The SMILES string of the molecule is Cc1cc(-c2ncccn2)ccc1F. The van der Waals surface area contributed by atoms with Crippen LogP contribution in [0.3, 0.4) is 0 Å². The van der Waals surface area contributed by atoms with Crippen LogP contribution in [0.4, 0.5) is 4.39 Å². The predicted octanol–water partition coefficient (Wildman–Crippen LogP) is 2.59. The number of hydrogen-bond acceptors (Lipinski definition) is 2. The first-order valence-corrected chi connectivity index (χ1v) is 4.31. The van der Waals surface area contributed by atoms with Gasteiger partial charge in [-0.25, -0.2) is 14.4 Å². The Morgan fingerprint density at radius 3 is 2.50 bits per heavy atom. The third-order valence-electron chi connectivity index (χ3n) is 1.98. The van der Waals surface area contributed by atoms with Crippen molar-refractivity contribution in [2.24, 2.45) is 0 Å². The minimum absolute atomic E-state index is 0.204. The van der Waals surface area contributed by atoms with E-state index in [2.05, 4.69) is 9.97 Å². The summed E-state index contributed by atoms with van der Waals surface area (Å²) >= 11 is 0. The van der Waals surface area contributed by atoms with Crippen LogP contribution in [0.15, 0.2) is 36.7 Å². The van der Waals surface area contributed by atoms with Crippen LogP contribution in [0.1, 0.15) is 5.56 Å². The number of hydrogen-bond donors (Lipinski definition) is 0. The summed E-state index contributed by atoms with van der Waals surface area (Å²) in [7, 11) is 0. The Morgan fingerprint density at radius 1 is 1.14 bits per heavy atom. The zero-order chi connectivity index (χ0) is 9.97. The normalized spacial score (nSPS) is 10.1. The van der Waals surface area contributed by atoms with Crippen molar-refractivity contribution in [1.29, 1.82) is 0 Å². The third kappa shape index (κ3) is 1.62. The molecule has 0 bridgehead atoms. The van der Waals surface area contributed by atoms with Crippen LogP contribution in [0.2, 0.25) is 0 Å². The van der Waals surface area contributed by atoms with E-state index in [1.54, 1.807) is 37.5 Å². The van der Waals surface area contributed by atoms with Crippen LogP contribution in [0.25, 0.3) is 11.4 Å². The van der Waals surface area contributed by atoms with Gasteiger partial charge in [-0.15, -0.1) is 0 Å². The monoisotopic (exact) mass is 188 g/mol. The molecule has 14 heavy (non-hydrogen) atoms.